The maximum Gasteiger partial charge on any atom is 0.416 e. The first-order chi connectivity index (χ1) is 17.2. The summed E-state index contributed by atoms with van der Waals surface area (Å²) in [6, 6.07) is 17.4. The molecular weight excluding hydrogens is 465 g/mol. The normalized spacial score (nSPS) is 14.8. The molecule has 7 heteroatoms. The van der Waals surface area contributed by atoms with Gasteiger partial charge in [-0.2, -0.15) is 13.2 Å². The van der Waals surface area contributed by atoms with E-state index in [1.165, 1.54) is 12.1 Å². The number of nitrogens with one attached hydrogen (secondary N) is 2. The molecule has 0 saturated heterocycles. The summed E-state index contributed by atoms with van der Waals surface area (Å²) in [7, 11) is 0. The van der Waals surface area contributed by atoms with E-state index in [4.69, 9.17) is 0 Å². The second-order valence-corrected chi connectivity index (χ2v) is 9.19. The lowest BCUT2D eigenvalue weighted by Gasteiger charge is -2.13. The van der Waals surface area contributed by atoms with Crippen LogP contribution in [0.25, 0.3) is 11.1 Å². The highest BCUT2D eigenvalue weighted by Crippen LogP contribution is 2.32. The van der Waals surface area contributed by atoms with Gasteiger partial charge in [0.1, 0.15) is 0 Å². The number of fused-ring (bicyclic) bond motifs is 1. The van der Waals surface area contributed by atoms with Crippen molar-refractivity contribution in [1.29, 1.82) is 0 Å². The second kappa shape index (κ2) is 11.0. The van der Waals surface area contributed by atoms with Crippen LogP contribution < -0.4 is 10.6 Å². The predicted octanol–water partition coefficient (Wildman–Crippen LogP) is 6.79. The topological polar surface area (TPSA) is 58.2 Å². The molecule has 0 heterocycles. The third kappa shape index (κ3) is 6.14. The fourth-order valence-electron chi connectivity index (χ4n) is 4.60. The average molecular weight is 495 g/mol. The molecule has 0 saturated carbocycles. The molecule has 4 nitrogen and oxygen atoms in total. The molecule has 4 rings (SSSR count). The molecule has 1 atom stereocenters. The van der Waals surface area contributed by atoms with E-state index in [0.29, 0.717) is 35.2 Å². The molecule has 1 aliphatic carbocycles. The number of carbonyl (C=O) groups is 2. The van der Waals surface area contributed by atoms with Crippen molar-refractivity contribution in [2.45, 2.75) is 57.7 Å². The largest absolute Gasteiger partial charge is 0.416 e. The van der Waals surface area contributed by atoms with Gasteiger partial charge in [-0.1, -0.05) is 56.2 Å². The third-order valence-electron chi connectivity index (χ3n) is 6.46. The first kappa shape index (κ1) is 25.5. The quantitative estimate of drug-likeness (QED) is 0.339. The summed E-state index contributed by atoms with van der Waals surface area (Å²) in [5.41, 5.74) is 3.59. The highest BCUT2D eigenvalue weighted by molar-refractivity contribution is 6.08. The van der Waals surface area contributed by atoms with Crippen LogP contribution in [0.5, 0.6) is 0 Å². The number of rotatable bonds is 8. The van der Waals surface area contributed by atoms with Gasteiger partial charge in [0.2, 0.25) is 5.91 Å². The van der Waals surface area contributed by atoms with Gasteiger partial charge in [0.25, 0.3) is 5.91 Å². The molecule has 1 unspecified atom stereocenters. The van der Waals surface area contributed by atoms with Gasteiger partial charge in [0, 0.05) is 23.7 Å². The van der Waals surface area contributed by atoms with Gasteiger partial charge in [0.05, 0.1) is 5.56 Å². The van der Waals surface area contributed by atoms with Crippen molar-refractivity contribution in [3.8, 4) is 11.1 Å². The number of benzene rings is 3. The lowest BCUT2D eigenvalue weighted by atomic mass is 9.98. The van der Waals surface area contributed by atoms with Gasteiger partial charge in [-0.3, -0.25) is 9.59 Å². The van der Waals surface area contributed by atoms with Gasteiger partial charge < -0.3 is 10.6 Å². The van der Waals surface area contributed by atoms with Crippen LogP contribution in [0, 0.1) is 0 Å². The smallest absolute Gasteiger partial charge is 0.353 e. The summed E-state index contributed by atoms with van der Waals surface area (Å²) in [5.74, 6) is -0.265. The van der Waals surface area contributed by atoms with Crippen molar-refractivity contribution in [3.05, 3.63) is 89.0 Å². The van der Waals surface area contributed by atoms with Crippen LogP contribution in [0.2, 0.25) is 0 Å². The first-order valence-electron chi connectivity index (χ1n) is 12.2. The molecule has 188 valence electrons. The molecule has 0 aliphatic heterocycles. The number of carbonyl (C=O) groups excluding carboxylic acids is 2. The zero-order valence-corrected chi connectivity index (χ0v) is 20.1. The van der Waals surface area contributed by atoms with E-state index in [1.54, 1.807) is 24.3 Å². The van der Waals surface area contributed by atoms with E-state index in [-0.39, 0.29) is 17.9 Å². The molecule has 1 aliphatic rings. The van der Waals surface area contributed by atoms with Crippen molar-refractivity contribution in [2.75, 3.05) is 5.32 Å². The number of hydrogen-bond donors (Lipinski definition) is 2. The van der Waals surface area contributed by atoms with E-state index in [9.17, 15) is 22.8 Å². The Hall–Kier alpha value is -3.61. The van der Waals surface area contributed by atoms with Crippen molar-refractivity contribution < 1.29 is 22.8 Å². The fourth-order valence-corrected chi connectivity index (χ4v) is 4.60. The zero-order chi connectivity index (χ0) is 25.7. The predicted molar refractivity (Wildman–Crippen MR) is 135 cm³/mol. The van der Waals surface area contributed by atoms with Crippen molar-refractivity contribution in [1.82, 2.24) is 5.32 Å². The van der Waals surface area contributed by atoms with Crippen LogP contribution in [0.15, 0.2) is 66.7 Å². The van der Waals surface area contributed by atoms with Crippen molar-refractivity contribution in [2.24, 2.45) is 0 Å². The number of unbranched alkanes of at least 4 members (excludes halogenated alkanes) is 2. The number of amides is 2. The molecule has 3 aromatic rings. The Morgan fingerprint density at radius 3 is 2.36 bits per heavy atom. The SMILES string of the molecule is CCCCCC(=O)NC1Cc2ccc(NC(=O)c3ccccc3-c3ccc(C(F)(F)F)cc3)cc2C1. The molecule has 0 fully saturated rings. The van der Waals surface area contributed by atoms with E-state index >= 15 is 0 Å². The summed E-state index contributed by atoms with van der Waals surface area (Å²) in [6.07, 6.45) is 0.613. The van der Waals surface area contributed by atoms with Gasteiger partial charge in [-0.15, -0.1) is 0 Å². The molecule has 2 amide bonds. The fraction of sp³-hybridized carbons (Fsp3) is 0.310. The van der Waals surface area contributed by atoms with E-state index in [2.05, 4.69) is 17.6 Å². The molecule has 0 radical (unpaired) electrons. The van der Waals surface area contributed by atoms with E-state index in [0.717, 1.165) is 48.9 Å². The molecule has 0 spiro atoms. The van der Waals surface area contributed by atoms with Gasteiger partial charge in [-0.25, -0.2) is 0 Å². The molecule has 36 heavy (non-hydrogen) atoms. The number of hydrogen-bond acceptors (Lipinski definition) is 2. The number of alkyl halides is 3. The first-order valence-corrected chi connectivity index (χ1v) is 12.2. The number of anilines is 1. The van der Waals surface area contributed by atoms with Crippen LogP contribution in [0.4, 0.5) is 18.9 Å². The monoisotopic (exact) mass is 494 g/mol. The van der Waals surface area contributed by atoms with Crippen LogP contribution in [-0.2, 0) is 23.8 Å². The summed E-state index contributed by atoms with van der Waals surface area (Å²) in [4.78, 5) is 25.3. The van der Waals surface area contributed by atoms with Crippen molar-refractivity contribution in [3.63, 3.8) is 0 Å². The van der Waals surface area contributed by atoms with Crippen LogP contribution in [0.3, 0.4) is 0 Å². The zero-order valence-electron chi connectivity index (χ0n) is 20.1. The summed E-state index contributed by atoms with van der Waals surface area (Å²) < 4.78 is 38.8. The molecule has 2 N–H and O–H groups in total. The van der Waals surface area contributed by atoms with Crippen LogP contribution >= 0.6 is 0 Å². The van der Waals surface area contributed by atoms with Gasteiger partial charge in [0.15, 0.2) is 0 Å². The molecular formula is C29H29F3N2O2. The summed E-state index contributed by atoms with van der Waals surface area (Å²) in [5, 5.41) is 6.03. The minimum atomic E-state index is -4.42. The Kier molecular flexibility index (Phi) is 7.77. The second-order valence-electron chi connectivity index (χ2n) is 9.19. The molecule has 0 bridgehead atoms. The van der Waals surface area contributed by atoms with Crippen LogP contribution in [-0.4, -0.2) is 17.9 Å². The third-order valence-corrected chi connectivity index (χ3v) is 6.46. The maximum atomic E-state index is 13.1. The minimum Gasteiger partial charge on any atom is -0.353 e. The Bertz CT molecular complexity index is 1240. The lowest BCUT2D eigenvalue weighted by molar-refractivity contribution is -0.137. The minimum absolute atomic E-state index is 0.0560. The maximum absolute atomic E-state index is 13.1. The lowest BCUT2D eigenvalue weighted by Crippen LogP contribution is -2.35. The molecule has 3 aromatic carbocycles. The summed E-state index contributed by atoms with van der Waals surface area (Å²) in [6.45, 7) is 2.11. The summed E-state index contributed by atoms with van der Waals surface area (Å²) >= 11 is 0. The highest BCUT2D eigenvalue weighted by atomic mass is 19.4. The highest BCUT2D eigenvalue weighted by Gasteiger charge is 2.30. The van der Waals surface area contributed by atoms with Gasteiger partial charge >= 0.3 is 6.18 Å². The molecule has 0 aromatic heterocycles. The van der Waals surface area contributed by atoms with E-state index in [1.807, 2.05) is 18.2 Å². The Morgan fingerprint density at radius 2 is 1.64 bits per heavy atom. The number of halogens is 3. The Morgan fingerprint density at radius 1 is 0.917 bits per heavy atom. The van der Waals surface area contributed by atoms with Crippen LogP contribution in [0.1, 0.15) is 59.7 Å². The van der Waals surface area contributed by atoms with E-state index < -0.39 is 11.7 Å². The van der Waals surface area contributed by atoms with Gasteiger partial charge in [-0.05, 0) is 71.8 Å². The standard InChI is InChI=1S/C29H29F3N2O2/c1-2-3-4-9-27(35)33-24-16-20-12-15-23(17-21(20)18-24)34-28(36)26-8-6-5-7-25(26)19-10-13-22(14-11-19)29(30,31)32/h5-8,10-15,17,24H,2-4,9,16,18H2,1H3,(H,33,35)(H,34,36). The Labute approximate surface area is 208 Å². The Balaban J connectivity index is 1.44. The average Bonchev–Trinajstić information content (AvgIpc) is 3.25. The van der Waals surface area contributed by atoms with Crippen molar-refractivity contribution >= 4 is 17.5 Å².